The van der Waals surface area contributed by atoms with Crippen molar-refractivity contribution in [2.45, 2.75) is 46.9 Å². The van der Waals surface area contributed by atoms with Crippen LogP contribution in [0.4, 0.5) is 0 Å². The minimum absolute atomic E-state index is 0.0376. The number of hydrogen-bond donors (Lipinski definition) is 1. The Balaban J connectivity index is 1.63. The summed E-state index contributed by atoms with van der Waals surface area (Å²) in [6, 6.07) is 16.0. The molecule has 3 rings (SSSR count). The summed E-state index contributed by atoms with van der Waals surface area (Å²) in [5.41, 5.74) is 4.89. The molecule has 1 amide bonds. The van der Waals surface area contributed by atoms with Crippen molar-refractivity contribution in [2.24, 2.45) is 0 Å². The molecule has 0 aliphatic rings. The summed E-state index contributed by atoms with van der Waals surface area (Å²) in [5.74, 6) is 0.643. The van der Waals surface area contributed by atoms with Crippen molar-refractivity contribution in [1.29, 1.82) is 0 Å². The van der Waals surface area contributed by atoms with Gasteiger partial charge in [-0.25, -0.2) is 4.68 Å². The number of amides is 1. The van der Waals surface area contributed by atoms with Crippen molar-refractivity contribution >= 4 is 5.91 Å². The Bertz CT molecular complexity index is 945. The van der Waals surface area contributed by atoms with Gasteiger partial charge in [0.15, 0.2) is 6.73 Å². The second-order valence-corrected chi connectivity index (χ2v) is 7.13. The first-order chi connectivity index (χ1) is 13.5. The predicted octanol–water partition coefficient (Wildman–Crippen LogP) is 4.73. The zero-order valence-electron chi connectivity index (χ0n) is 16.9. The van der Waals surface area contributed by atoms with Gasteiger partial charge in [0, 0.05) is 6.20 Å². The molecule has 1 N–H and O–H groups in total. The van der Waals surface area contributed by atoms with Gasteiger partial charge in [0.2, 0.25) is 0 Å². The van der Waals surface area contributed by atoms with E-state index in [1.165, 1.54) is 5.56 Å². The average molecular weight is 377 g/mol. The fraction of sp³-hybridized carbons (Fsp3) is 0.304. The van der Waals surface area contributed by atoms with Crippen molar-refractivity contribution < 1.29 is 9.53 Å². The van der Waals surface area contributed by atoms with Gasteiger partial charge in [-0.15, -0.1) is 0 Å². The van der Waals surface area contributed by atoms with Gasteiger partial charge in [-0.05, 0) is 56.0 Å². The number of benzene rings is 2. The number of rotatable bonds is 7. The fourth-order valence-electron chi connectivity index (χ4n) is 3.01. The lowest BCUT2D eigenvalue weighted by Crippen LogP contribution is -2.28. The number of carbonyl (C=O) groups is 1. The van der Waals surface area contributed by atoms with Gasteiger partial charge >= 0.3 is 0 Å². The highest BCUT2D eigenvalue weighted by Gasteiger charge is 2.16. The molecule has 1 aromatic heterocycles. The summed E-state index contributed by atoms with van der Waals surface area (Å²) in [6.07, 6.45) is 2.57. The van der Waals surface area contributed by atoms with E-state index in [9.17, 15) is 4.79 Å². The number of nitrogens with zero attached hydrogens (tertiary/aromatic N) is 2. The lowest BCUT2D eigenvalue weighted by molar-refractivity contribution is 0.0928. The van der Waals surface area contributed by atoms with E-state index in [4.69, 9.17) is 4.74 Å². The van der Waals surface area contributed by atoms with Crippen LogP contribution >= 0.6 is 0 Å². The Morgan fingerprint density at radius 3 is 2.50 bits per heavy atom. The fourth-order valence-corrected chi connectivity index (χ4v) is 3.01. The summed E-state index contributed by atoms with van der Waals surface area (Å²) in [6.45, 7) is 8.40. The lowest BCUT2D eigenvalue weighted by atomic mass is 10.0. The zero-order chi connectivity index (χ0) is 20.1. The van der Waals surface area contributed by atoms with Crippen molar-refractivity contribution in [3.05, 3.63) is 82.7 Å². The molecule has 0 saturated carbocycles. The SMILES string of the molecule is CCC(NC(=O)c1ccn(COc2cc(C)ccc2C)n1)c1ccc(C)cc1. The van der Waals surface area contributed by atoms with Crippen molar-refractivity contribution in [2.75, 3.05) is 0 Å². The molecule has 146 valence electrons. The molecule has 5 heteroatoms. The second-order valence-electron chi connectivity index (χ2n) is 7.13. The number of aryl methyl sites for hydroxylation is 3. The third kappa shape index (κ3) is 4.80. The Labute approximate surface area is 166 Å². The molecule has 0 spiro atoms. The monoisotopic (exact) mass is 377 g/mol. The van der Waals surface area contributed by atoms with Crippen LogP contribution in [0, 0.1) is 20.8 Å². The second kappa shape index (κ2) is 8.74. The van der Waals surface area contributed by atoms with Gasteiger partial charge in [0.25, 0.3) is 5.91 Å². The third-order valence-corrected chi connectivity index (χ3v) is 4.76. The standard InChI is InChI=1S/C23H27N3O2/c1-5-20(19-10-7-16(2)8-11-19)24-23(27)21-12-13-26(25-21)15-28-22-14-17(3)6-9-18(22)4/h6-14,20H,5,15H2,1-4H3,(H,24,27). The van der Waals surface area contributed by atoms with Crippen LogP contribution in [-0.4, -0.2) is 15.7 Å². The Hall–Kier alpha value is -3.08. The zero-order valence-corrected chi connectivity index (χ0v) is 16.9. The van der Waals surface area contributed by atoms with Crippen LogP contribution in [0.3, 0.4) is 0 Å². The van der Waals surface area contributed by atoms with Gasteiger partial charge in [0.05, 0.1) is 6.04 Å². The molecule has 28 heavy (non-hydrogen) atoms. The summed E-state index contributed by atoms with van der Waals surface area (Å²) in [5, 5.41) is 7.42. The van der Waals surface area contributed by atoms with Crippen LogP contribution in [0.2, 0.25) is 0 Å². The summed E-state index contributed by atoms with van der Waals surface area (Å²) in [7, 11) is 0. The number of ether oxygens (including phenoxy) is 1. The molecule has 0 radical (unpaired) electrons. The van der Waals surface area contributed by atoms with Gasteiger partial charge < -0.3 is 10.1 Å². The molecule has 2 aromatic carbocycles. The highest BCUT2D eigenvalue weighted by molar-refractivity contribution is 5.92. The first-order valence-electron chi connectivity index (χ1n) is 9.57. The molecule has 0 bridgehead atoms. The van der Waals surface area contributed by atoms with Crippen molar-refractivity contribution in [3.63, 3.8) is 0 Å². The van der Waals surface area contributed by atoms with Crippen molar-refractivity contribution in [3.8, 4) is 5.75 Å². The normalized spacial score (nSPS) is 11.9. The molecule has 0 saturated heterocycles. The van der Waals surface area contributed by atoms with Gasteiger partial charge in [-0.1, -0.05) is 48.9 Å². The van der Waals surface area contributed by atoms with Crippen LogP contribution in [0.25, 0.3) is 0 Å². The van der Waals surface area contributed by atoms with Crippen molar-refractivity contribution in [1.82, 2.24) is 15.1 Å². The topological polar surface area (TPSA) is 56.2 Å². The number of carbonyl (C=O) groups excluding carboxylic acids is 1. The minimum atomic E-state index is -0.182. The van der Waals surface area contributed by atoms with E-state index in [0.717, 1.165) is 28.9 Å². The molecule has 0 aliphatic heterocycles. The molecule has 0 fully saturated rings. The van der Waals surface area contributed by atoms with E-state index in [1.54, 1.807) is 16.9 Å². The Kier molecular flexibility index (Phi) is 6.14. The molecule has 1 atom stereocenters. The number of hydrogen-bond acceptors (Lipinski definition) is 3. The van der Waals surface area contributed by atoms with E-state index in [-0.39, 0.29) is 18.7 Å². The maximum atomic E-state index is 12.6. The minimum Gasteiger partial charge on any atom is -0.471 e. The van der Waals surface area contributed by atoms with Crippen LogP contribution in [0.5, 0.6) is 5.75 Å². The van der Waals surface area contributed by atoms with Gasteiger partial charge in [0.1, 0.15) is 11.4 Å². The average Bonchev–Trinajstić information content (AvgIpc) is 3.16. The molecule has 5 nitrogen and oxygen atoms in total. The number of aromatic nitrogens is 2. The molecular weight excluding hydrogens is 350 g/mol. The van der Waals surface area contributed by atoms with E-state index in [0.29, 0.717) is 5.69 Å². The quantitative estimate of drug-likeness (QED) is 0.648. The highest BCUT2D eigenvalue weighted by atomic mass is 16.5. The summed E-state index contributed by atoms with van der Waals surface area (Å²) >= 11 is 0. The highest BCUT2D eigenvalue weighted by Crippen LogP contribution is 2.20. The third-order valence-electron chi connectivity index (χ3n) is 4.76. The Morgan fingerprint density at radius 1 is 1.07 bits per heavy atom. The van der Waals surface area contributed by atoms with Crippen LogP contribution in [0.15, 0.2) is 54.7 Å². The smallest absolute Gasteiger partial charge is 0.272 e. The van der Waals surface area contributed by atoms with Gasteiger partial charge in [-0.2, -0.15) is 5.10 Å². The first kappa shape index (κ1) is 19.7. The van der Waals surface area contributed by atoms with Crippen LogP contribution in [0.1, 0.15) is 52.1 Å². The maximum absolute atomic E-state index is 12.6. The van der Waals surface area contributed by atoms with E-state index >= 15 is 0 Å². The molecule has 0 aliphatic carbocycles. The molecule has 1 heterocycles. The molecule has 3 aromatic rings. The van der Waals surface area contributed by atoms with E-state index in [2.05, 4.69) is 54.6 Å². The van der Waals surface area contributed by atoms with Crippen LogP contribution in [-0.2, 0) is 6.73 Å². The number of nitrogens with one attached hydrogen (secondary N) is 1. The maximum Gasteiger partial charge on any atom is 0.272 e. The first-order valence-corrected chi connectivity index (χ1v) is 9.57. The van der Waals surface area contributed by atoms with Crippen LogP contribution < -0.4 is 10.1 Å². The largest absolute Gasteiger partial charge is 0.471 e. The van der Waals surface area contributed by atoms with E-state index < -0.39 is 0 Å². The molecular formula is C23H27N3O2. The summed E-state index contributed by atoms with van der Waals surface area (Å²) in [4.78, 5) is 12.6. The van der Waals surface area contributed by atoms with E-state index in [1.807, 2.05) is 26.0 Å². The predicted molar refractivity (Wildman–Crippen MR) is 110 cm³/mol. The van der Waals surface area contributed by atoms with Gasteiger partial charge in [-0.3, -0.25) is 4.79 Å². The Morgan fingerprint density at radius 2 is 1.79 bits per heavy atom. The summed E-state index contributed by atoms with van der Waals surface area (Å²) < 4.78 is 7.48. The lowest BCUT2D eigenvalue weighted by Gasteiger charge is -2.17. The molecule has 1 unspecified atom stereocenters.